The van der Waals surface area contributed by atoms with E-state index in [1.54, 1.807) is 20.3 Å². The first-order chi connectivity index (χ1) is 12.1. The first kappa shape index (κ1) is 18.4. The van der Waals surface area contributed by atoms with Crippen LogP contribution in [0.2, 0.25) is 0 Å². The Morgan fingerprint density at radius 1 is 0.920 bits per heavy atom. The molecule has 0 aromatic heterocycles. The number of aryl methyl sites for hydroxylation is 1. The normalized spacial score (nSPS) is 10.2. The molecule has 0 atom stereocenters. The molecule has 0 heterocycles. The van der Waals surface area contributed by atoms with Gasteiger partial charge in [0, 0.05) is 6.42 Å². The topological polar surface area (TPSA) is 74.2 Å². The second-order valence-corrected chi connectivity index (χ2v) is 5.21. The predicted octanol–water partition coefficient (Wildman–Crippen LogP) is 3.18. The summed E-state index contributed by atoms with van der Waals surface area (Å²) in [6.07, 6.45) is 0.410. The number of carbonyl (C=O) groups is 1. The molecule has 0 aliphatic carbocycles. The summed E-state index contributed by atoms with van der Waals surface area (Å²) in [7, 11) is 3.16. The Balaban J connectivity index is 1.92. The minimum atomic E-state index is -0.850. The maximum absolute atomic E-state index is 10.8. The average Bonchev–Trinajstić information content (AvgIpc) is 2.64. The number of aliphatic carboxylic acids is 1. The largest absolute Gasteiger partial charge is 0.497 e. The summed E-state index contributed by atoms with van der Waals surface area (Å²) in [6.45, 7) is 0.662. The third-order valence-electron chi connectivity index (χ3n) is 3.55. The van der Waals surface area contributed by atoms with Crippen LogP contribution in [0.5, 0.6) is 23.0 Å². The van der Waals surface area contributed by atoms with Gasteiger partial charge >= 0.3 is 5.97 Å². The van der Waals surface area contributed by atoms with Gasteiger partial charge in [0.2, 0.25) is 0 Å². The summed E-state index contributed by atoms with van der Waals surface area (Å²) in [4.78, 5) is 10.8. The van der Waals surface area contributed by atoms with E-state index in [1.165, 1.54) is 0 Å². The van der Waals surface area contributed by atoms with Crippen LogP contribution in [0.3, 0.4) is 0 Å². The van der Waals surface area contributed by atoms with Gasteiger partial charge in [-0.2, -0.15) is 0 Å². The van der Waals surface area contributed by atoms with Gasteiger partial charge in [-0.1, -0.05) is 12.1 Å². The maximum Gasteiger partial charge on any atom is 0.303 e. The van der Waals surface area contributed by atoms with Crippen molar-refractivity contribution in [3.05, 3.63) is 48.0 Å². The van der Waals surface area contributed by atoms with Crippen molar-refractivity contribution in [2.45, 2.75) is 12.8 Å². The summed E-state index contributed by atoms with van der Waals surface area (Å²) in [6, 6.07) is 12.7. The monoisotopic (exact) mass is 346 g/mol. The van der Waals surface area contributed by atoms with E-state index in [2.05, 4.69) is 0 Å². The molecule has 0 saturated carbocycles. The molecule has 6 heteroatoms. The molecule has 2 rings (SSSR count). The first-order valence-electron chi connectivity index (χ1n) is 7.91. The van der Waals surface area contributed by atoms with Crippen molar-refractivity contribution in [1.82, 2.24) is 0 Å². The Morgan fingerprint density at radius 2 is 1.60 bits per heavy atom. The molecule has 1 N–H and O–H groups in total. The molecule has 0 fully saturated rings. The van der Waals surface area contributed by atoms with E-state index in [4.69, 9.17) is 24.1 Å². The summed E-state index contributed by atoms with van der Waals surface area (Å²) >= 11 is 0. The zero-order valence-electron chi connectivity index (χ0n) is 14.4. The first-order valence-corrected chi connectivity index (χ1v) is 7.91. The van der Waals surface area contributed by atoms with Crippen molar-refractivity contribution in [2.75, 3.05) is 27.4 Å². The van der Waals surface area contributed by atoms with Gasteiger partial charge in [-0.15, -0.1) is 0 Å². The number of hydrogen-bond acceptors (Lipinski definition) is 5. The lowest BCUT2D eigenvalue weighted by molar-refractivity contribution is -0.136. The van der Waals surface area contributed by atoms with Crippen LogP contribution in [0.1, 0.15) is 12.0 Å². The van der Waals surface area contributed by atoms with E-state index in [-0.39, 0.29) is 6.42 Å². The van der Waals surface area contributed by atoms with Crippen LogP contribution in [0.25, 0.3) is 0 Å². The minimum Gasteiger partial charge on any atom is -0.497 e. The highest BCUT2D eigenvalue weighted by molar-refractivity contribution is 5.67. The van der Waals surface area contributed by atoms with E-state index in [1.807, 2.05) is 36.4 Å². The number of para-hydroxylation sites is 1. The number of benzene rings is 2. The Labute approximate surface area is 146 Å². The van der Waals surface area contributed by atoms with Crippen LogP contribution >= 0.6 is 0 Å². The second-order valence-electron chi connectivity index (χ2n) is 5.21. The van der Waals surface area contributed by atoms with Gasteiger partial charge in [0.25, 0.3) is 0 Å². The maximum atomic E-state index is 10.8. The molecule has 134 valence electrons. The fraction of sp³-hybridized carbons (Fsp3) is 0.316. The zero-order valence-corrected chi connectivity index (χ0v) is 14.4. The molecule has 0 spiro atoms. The average molecular weight is 346 g/mol. The van der Waals surface area contributed by atoms with E-state index < -0.39 is 5.97 Å². The SMILES string of the molecule is COc1ccc(OCCOc2c(CCC(=O)O)cccc2OC)cc1. The predicted molar refractivity (Wildman–Crippen MR) is 92.9 cm³/mol. The fourth-order valence-corrected chi connectivity index (χ4v) is 2.30. The molecule has 0 aliphatic rings. The van der Waals surface area contributed by atoms with Crippen LogP contribution in [0.15, 0.2) is 42.5 Å². The van der Waals surface area contributed by atoms with Crippen molar-refractivity contribution in [3.63, 3.8) is 0 Å². The molecule has 0 aliphatic heterocycles. The molecule has 2 aromatic carbocycles. The van der Waals surface area contributed by atoms with Crippen molar-refractivity contribution >= 4 is 5.97 Å². The Morgan fingerprint density at radius 3 is 2.24 bits per heavy atom. The van der Waals surface area contributed by atoms with E-state index in [0.717, 1.165) is 17.1 Å². The van der Waals surface area contributed by atoms with E-state index in [9.17, 15) is 4.79 Å². The van der Waals surface area contributed by atoms with Gasteiger partial charge in [0.05, 0.1) is 14.2 Å². The van der Waals surface area contributed by atoms with Crippen LogP contribution in [0.4, 0.5) is 0 Å². The number of carboxylic acid groups (broad SMARTS) is 1. The zero-order chi connectivity index (χ0) is 18.1. The molecule has 2 aromatic rings. The van der Waals surface area contributed by atoms with Gasteiger partial charge < -0.3 is 24.1 Å². The summed E-state index contributed by atoms with van der Waals surface area (Å²) in [5.41, 5.74) is 0.797. The highest BCUT2D eigenvalue weighted by atomic mass is 16.5. The molecular weight excluding hydrogens is 324 g/mol. The fourth-order valence-electron chi connectivity index (χ4n) is 2.30. The summed E-state index contributed by atoms with van der Waals surface area (Å²) in [5, 5.41) is 8.87. The van der Waals surface area contributed by atoms with E-state index >= 15 is 0 Å². The van der Waals surface area contributed by atoms with Crippen LogP contribution in [0, 0.1) is 0 Å². The number of ether oxygens (including phenoxy) is 4. The van der Waals surface area contributed by atoms with Crippen molar-refractivity contribution in [2.24, 2.45) is 0 Å². The number of methoxy groups -OCH3 is 2. The van der Waals surface area contributed by atoms with Crippen molar-refractivity contribution in [1.29, 1.82) is 0 Å². The number of rotatable bonds is 10. The lowest BCUT2D eigenvalue weighted by Crippen LogP contribution is -2.11. The van der Waals surface area contributed by atoms with Gasteiger partial charge in [-0.3, -0.25) is 4.79 Å². The van der Waals surface area contributed by atoms with Crippen molar-refractivity contribution in [3.8, 4) is 23.0 Å². The van der Waals surface area contributed by atoms with Gasteiger partial charge in [-0.25, -0.2) is 0 Å². The van der Waals surface area contributed by atoms with Crippen molar-refractivity contribution < 1.29 is 28.8 Å². The minimum absolute atomic E-state index is 0.0336. The van der Waals surface area contributed by atoms with Gasteiger partial charge in [0.15, 0.2) is 11.5 Å². The second kappa shape index (κ2) is 9.42. The standard InChI is InChI=1S/C19H22O6/c1-22-15-7-9-16(10-8-15)24-12-13-25-19-14(6-11-18(20)21)4-3-5-17(19)23-2/h3-5,7-10H,6,11-13H2,1-2H3,(H,20,21). The summed E-state index contributed by atoms with van der Waals surface area (Å²) < 4.78 is 21.8. The van der Waals surface area contributed by atoms with Gasteiger partial charge in [0.1, 0.15) is 24.7 Å². The molecule has 25 heavy (non-hydrogen) atoms. The van der Waals surface area contributed by atoms with Crippen LogP contribution in [-0.2, 0) is 11.2 Å². The lowest BCUT2D eigenvalue weighted by Gasteiger charge is -2.15. The number of hydrogen-bond donors (Lipinski definition) is 1. The molecule has 0 unspecified atom stereocenters. The quantitative estimate of drug-likeness (QED) is 0.666. The number of carboxylic acids is 1. The molecular formula is C19H22O6. The molecule has 0 saturated heterocycles. The smallest absolute Gasteiger partial charge is 0.303 e. The third-order valence-corrected chi connectivity index (χ3v) is 3.55. The van der Waals surface area contributed by atoms with Gasteiger partial charge in [-0.05, 0) is 42.3 Å². The summed E-state index contributed by atoms with van der Waals surface area (Å²) in [5.74, 6) is 1.77. The lowest BCUT2D eigenvalue weighted by atomic mass is 10.1. The highest BCUT2D eigenvalue weighted by Crippen LogP contribution is 2.32. The molecule has 6 nitrogen and oxygen atoms in total. The molecule has 0 amide bonds. The van der Waals surface area contributed by atoms with Crippen LogP contribution in [-0.4, -0.2) is 38.5 Å². The van der Waals surface area contributed by atoms with E-state index in [0.29, 0.717) is 31.1 Å². The Hall–Kier alpha value is -2.89. The molecule has 0 radical (unpaired) electrons. The Kier molecular flexibility index (Phi) is 6.95. The third kappa shape index (κ3) is 5.60. The Bertz CT molecular complexity index is 681. The van der Waals surface area contributed by atoms with Crippen LogP contribution < -0.4 is 18.9 Å². The molecule has 0 bridgehead atoms. The highest BCUT2D eigenvalue weighted by Gasteiger charge is 2.12.